The van der Waals surface area contributed by atoms with Gasteiger partial charge in [-0.25, -0.2) is 0 Å². The van der Waals surface area contributed by atoms with Gasteiger partial charge in [0.25, 0.3) is 0 Å². The molecule has 9 heteroatoms. The van der Waals surface area contributed by atoms with Gasteiger partial charge in [-0.2, -0.15) is 13.2 Å². The van der Waals surface area contributed by atoms with Crippen molar-refractivity contribution in [2.45, 2.75) is 49.4 Å². The Labute approximate surface area is 168 Å². The van der Waals surface area contributed by atoms with E-state index in [-0.39, 0.29) is 11.6 Å². The summed E-state index contributed by atoms with van der Waals surface area (Å²) in [6.07, 6.45) is -1.87. The number of piperidine rings is 1. The number of carbonyl (C=O) groups is 1. The number of ether oxygens (including phenoxy) is 1. The monoisotopic (exact) mass is 434 g/mol. The van der Waals surface area contributed by atoms with Crippen molar-refractivity contribution in [1.82, 2.24) is 9.57 Å². The number of hydrogen-bond acceptors (Lipinski definition) is 4. The number of benzene rings is 1. The third-order valence-electron chi connectivity index (χ3n) is 5.97. The molecule has 2 fully saturated rings. The van der Waals surface area contributed by atoms with E-state index in [1.54, 1.807) is 6.07 Å². The molecule has 1 aromatic carbocycles. The largest absolute Gasteiger partial charge is 0.454 e. The van der Waals surface area contributed by atoms with Gasteiger partial charge < -0.3 is 4.74 Å². The number of nitrogens with zero attached hydrogens (tertiary/aromatic N) is 2. The molecule has 2 aliphatic heterocycles. The third kappa shape index (κ3) is 3.84. The summed E-state index contributed by atoms with van der Waals surface area (Å²) in [5, 5.41) is 0. The summed E-state index contributed by atoms with van der Waals surface area (Å²) in [4.78, 5) is 15.1. The zero-order valence-corrected chi connectivity index (χ0v) is 18.3. The average molecular weight is 434 g/mol. The van der Waals surface area contributed by atoms with Crippen LogP contribution in [0, 0.1) is 0 Å². The van der Waals surface area contributed by atoms with Crippen LogP contribution in [0.5, 0.6) is 0 Å². The summed E-state index contributed by atoms with van der Waals surface area (Å²) in [6, 6.07) is 7.28. The summed E-state index contributed by atoms with van der Waals surface area (Å²) in [6.45, 7) is 2.72. The number of likely N-dealkylation sites (tertiary alicyclic amines) is 1. The molecular formula is C19H27F3N2O2P2. The van der Waals surface area contributed by atoms with Gasteiger partial charge in [0.2, 0.25) is 0 Å². The normalized spacial score (nSPS) is 26.0. The molecule has 0 aromatic heterocycles. The van der Waals surface area contributed by atoms with E-state index in [9.17, 15) is 18.0 Å². The van der Waals surface area contributed by atoms with Crippen LogP contribution in [-0.4, -0.2) is 60.0 Å². The second-order valence-electron chi connectivity index (χ2n) is 7.95. The number of halogens is 3. The lowest BCUT2D eigenvalue weighted by Gasteiger charge is -2.56. The van der Waals surface area contributed by atoms with E-state index in [0.717, 1.165) is 32.7 Å². The highest BCUT2D eigenvalue weighted by atomic mass is 32.0. The number of alkyl halides is 3. The standard InChI is InChI=1S/C19H27F3N2O2P2/c1-17(19(20,21)22,14-8-4-3-5-9-14)16(25)26-18(12-23(2)13-18)15-10-6-7-11-24(15)28-27/h3-5,8-9,15,28H,6-7,10-13,27H2,1-2H3/t15-,17-/m1/s1. The van der Waals surface area contributed by atoms with Gasteiger partial charge in [0.05, 0.1) is 6.04 Å². The first-order valence-electron chi connectivity index (χ1n) is 9.41. The molecule has 2 heterocycles. The van der Waals surface area contributed by atoms with E-state index < -0.39 is 23.2 Å². The minimum atomic E-state index is -4.75. The van der Waals surface area contributed by atoms with Crippen molar-refractivity contribution in [3.8, 4) is 0 Å². The molecule has 0 spiro atoms. The van der Waals surface area contributed by atoms with Gasteiger partial charge in [-0.1, -0.05) is 45.7 Å². The van der Waals surface area contributed by atoms with Crippen molar-refractivity contribution in [3.05, 3.63) is 35.9 Å². The van der Waals surface area contributed by atoms with Crippen LogP contribution in [0.2, 0.25) is 0 Å². The number of hydrogen-bond donors (Lipinski definition) is 0. The molecule has 0 aliphatic carbocycles. The summed E-state index contributed by atoms with van der Waals surface area (Å²) in [5.74, 6) is -1.21. The summed E-state index contributed by atoms with van der Waals surface area (Å²) in [7, 11) is 5.05. The van der Waals surface area contributed by atoms with Crippen LogP contribution in [0.4, 0.5) is 13.2 Å². The second-order valence-corrected chi connectivity index (χ2v) is 9.56. The third-order valence-corrected chi connectivity index (χ3v) is 7.84. The van der Waals surface area contributed by atoms with E-state index in [4.69, 9.17) is 4.74 Å². The van der Waals surface area contributed by atoms with Gasteiger partial charge in [-0.15, -0.1) is 0 Å². The Hall–Kier alpha value is -0.740. The van der Waals surface area contributed by atoms with Gasteiger partial charge in [-0.3, -0.25) is 14.4 Å². The van der Waals surface area contributed by atoms with Crippen LogP contribution in [0.25, 0.3) is 0 Å². The van der Waals surface area contributed by atoms with E-state index in [2.05, 4.69) is 13.6 Å². The smallest absolute Gasteiger partial charge is 0.408 e. The maximum Gasteiger partial charge on any atom is 0.408 e. The second kappa shape index (κ2) is 8.18. The van der Waals surface area contributed by atoms with Crippen LogP contribution < -0.4 is 0 Å². The Morgan fingerprint density at radius 3 is 2.43 bits per heavy atom. The lowest BCUT2D eigenvalue weighted by atomic mass is 9.79. The molecule has 4 atom stereocenters. The average Bonchev–Trinajstić information content (AvgIpc) is 2.65. The summed E-state index contributed by atoms with van der Waals surface area (Å²) < 4.78 is 50.3. The van der Waals surface area contributed by atoms with Crippen molar-refractivity contribution in [2.24, 2.45) is 0 Å². The fraction of sp³-hybridized carbons (Fsp3) is 0.632. The maximum absolute atomic E-state index is 14.1. The van der Waals surface area contributed by atoms with Crippen LogP contribution in [0.3, 0.4) is 0 Å². The molecule has 0 bridgehead atoms. The first kappa shape index (κ1) is 22.0. The minimum Gasteiger partial charge on any atom is -0.454 e. The first-order chi connectivity index (χ1) is 13.1. The Morgan fingerprint density at radius 2 is 1.89 bits per heavy atom. The first-order valence-corrected chi connectivity index (χ1v) is 12.2. The number of esters is 1. The molecular weight excluding hydrogens is 407 g/mol. The number of rotatable bonds is 5. The Bertz CT molecular complexity index is 698. The molecule has 0 N–H and O–H groups in total. The van der Waals surface area contributed by atoms with Crippen molar-refractivity contribution < 1.29 is 22.7 Å². The molecule has 3 rings (SSSR count). The Balaban J connectivity index is 1.93. The fourth-order valence-electron chi connectivity index (χ4n) is 4.30. The predicted molar refractivity (Wildman–Crippen MR) is 109 cm³/mol. The van der Waals surface area contributed by atoms with Gasteiger partial charge in [0.1, 0.15) is 0 Å². The molecule has 28 heavy (non-hydrogen) atoms. The SMILES string of the molecule is CN1CC(OC(=O)[C@@](C)(c2ccccc2)C(F)(F)F)([C@H]2CCCCN2PP)C1. The van der Waals surface area contributed by atoms with E-state index in [0.29, 0.717) is 21.5 Å². The molecule has 2 aliphatic rings. The van der Waals surface area contributed by atoms with E-state index in [1.165, 1.54) is 24.3 Å². The van der Waals surface area contributed by atoms with Crippen molar-refractivity contribution in [2.75, 3.05) is 26.7 Å². The van der Waals surface area contributed by atoms with E-state index in [1.807, 2.05) is 11.9 Å². The topological polar surface area (TPSA) is 32.8 Å². The van der Waals surface area contributed by atoms with Crippen molar-refractivity contribution in [3.63, 3.8) is 0 Å². The predicted octanol–water partition coefficient (Wildman–Crippen LogP) is 3.97. The van der Waals surface area contributed by atoms with Crippen molar-refractivity contribution in [1.29, 1.82) is 0 Å². The molecule has 0 amide bonds. The van der Waals surface area contributed by atoms with Crippen LogP contribution in [0.15, 0.2) is 30.3 Å². The lowest BCUT2D eigenvalue weighted by molar-refractivity contribution is -0.230. The highest BCUT2D eigenvalue weighted by Gasteiger charge is 2.62. The van der Waals surface area contributed by atoms with Crippen LogP contribution in [0.1, 0.15) is 31.7 Å². The summed E-state index contributed by atoms with van der Waals surface area (Å²) >= 11 is 0. The van der Waals surface area contributed by atoms with Gasteiger partial charge in [-0.05, 0) is 40.8 Å². The zero-order chi connectivity index (χ0) is 20.6. The van der Waals surface area contributed by atoms with Crippen LogP contribution in [-0.2, 0) is 14.9 Å². The van der Waals surface area contributed by atoms with Gasteiger partial charge >= 0.3 is 12.1 Å². The molecule has 1 aromatic rings. The highest BCUT2D eigenvalue weighted by molar-refractivity contribution is 8.01. The van der Waals surface area contributed by atoms with Crippen LogP contribution >= 0.6 is 17.3 Å². The minimum absolute atomic E-state index is 0.0505. The maximum atomic E-state index is 14.1. The summed E-state index contributed by atoms with van der Waals surface area (Å²) in [5.41, 5.74) is -3.68. The molecule has 2 unspecified atom stereocenters. The lowest BCUT2D eigenvalue weighted by Crippen LogP contribution is -2.72. The fourth-order valence-corrected chi connectivity index (χ4v) is 6.06. The molecule has 156 valence electrons. The zero-order valence-electron chi connectivity index (χ0n) is 16.1. The molecule has 2 saturated heterocycles. The number of likely N-dealkylation sites (N-methyl/N-ethyl adjacent to an activating group) is 1. The Kier molecular flexibility index (Phi) is 6.41. The van der Waals surface area contributed by atoms with E-state index >= 15 is 0 Å². The van der Waals surface area contributed by atoms with Gasteiger partial charge in [0.15, 0.2) is 11.0 Å². The molecule has 0 saturated carbocycles. The Morgan fingerprint density at radius 1 is 1.25 bits per heavy atom. The molecule has 0 radical (unpaired) electrons. The molecule has 4 nitrogen and oxygen atoms in total. The number of carbonyl (C=O) groups excluding carboxylic acids is 1. The quantitative estimate of drug-likeness (QED) is 0.519. The van der Waals surface area contributed by atoms with Gasteiger partial charge in [0, 0.05) is 19.6 Å². The van der Waals surface area contributed by atoms with Crippen molar-refractivity contribution >= 4 is 23.3 Å². The highest BCUT2D eigenvalue weighted by Crippen LogP contribution is 2.46.